The van der Waals surface area contributed by atoms with E-state index in [1.807, 2.05) is 12.5 Å². The quantitative estimate of drug-likeness (QED) is 0.721. The Morgan fingerprint density at radius 3 is 2.86 bits per heavy atom. The number of aryl methyl sites for hydroxylation is 1. The van der Waals surface area contributed by atoms with Gasteiger partial charge in [-0.1, -0.05) is 37.3 Å². The van der Waals surface area contributed by atoms with Crippen molar-refractivity contribution in [2.24, 2.45) is 0 Å². The average Bonchev–Trinajstić information content (AvgIpc) is 3.19. The first-order valence-electron chi connectivity index (χ1n) is 8.11. The van der Waals surface area contributed by atoms with Gasteiger partial charge in [0.25, 0.3) is 0 Å². The topological polar surface area (TPSA) is 17.8 Å². The van der Waals surface area contributed by atoms with E-state index in [9.17, 15) is 0 Å². The lowest BCUT2D eigenvalue weighted by atomic mass is 10.1. The van der Waals surface area contributed by atoms with E-state index in [1.165, 1.54) is 37.0 Å². The van der Waals surface area contributed by atoms with Gasteiger partial charge in [0.15, 0.2) is 0 Å². The van der Waals surface area contributed by atoms with Gasteiger partial charge in [0.05, 0.1) is 10.4 Å². The lowest BCUT2D eigenvalue weighted by molar-refractivity contribution is 0.578. The number of rotatable bonds is 7. The third-order valence-corrected chi connectivity index (χ3v) is 8.13. The Kier molecular flexibility index (Phi) is 5.53. The minimum absolute atomic E-state index is 0.364. The molecule has 0 N–H and O–H groups in total. The van der Waals surface area contributed by atoms with Crippen molar-refractivity contribution >= 4 is 23.5 Å². The van der Waals surface area contributed by atoms with Crippen molar-refractivity contribution in [1.82, 2.24) is 9.55 Å². The summed E-state index contributed by atoms with van der Waals surface area (Å²) in [5, 5.41) is 0.821. The summed E-state index contributed by atoms with van der Waals surface area (Å²) < 4.78 is 2.56. The number of imidazole rings is 1. The van der Waals surface area contributed by atoms with E-state index >= 15 is 0 Å². The highest BCUT2D eigenvalue weighted by atomic mass is 32.2. The molecule has 1 aliphatic heterocycles. The van der Waals surface area contributed by atoms with Crippen LogP contribution in [-0.2, 0) is 13.0 Å². The van der Waals surface area contributed by atoms with Crippen LogP contribution in [-0.4, -0.2) is 24.6 Å². The van der Waals surface area contributed by atoms with Gasteiger partial charge >= 0.3 is 0 Å². The second-order valence-electron chi connectivity index (χ2n) is 5.94. The molecule has 0 amide bonds. The van der Waals surface area contributed by atoms with E-state index in [1.54, 1.807) is 0 Å². The zero-order chi connectivity index (χ0) is 15.3. The molecular weight excluding hydrogens is 308 g/mol. The molecule has 1 aliphatic rings. The Morgan fingerprint density at radius 2 is 2.18 bits per heavy atom. The van der Waals surface area contributed by atoms with Crippen LogP contribution in [0.4, 0.5) is 0 Å². The first kappa shape index (κ1) is 16.0. The van der Waals surface area contributed by atoms with Crippen molar-refractivity contribution < 1.29 is 0 Å². The summed E-state index contributed by atoms with van der Waals surface area (Å²) in [5.74, 6) is 1.30. The molecule has 0 bridgehead atoms. The van der Waals surface area contributed by atoms with Gasteiger partial charge in [-0.2, -0.15) is 0 Å². The number of nitrogens with zero attached hydrogens (tertiary/aromatic N) is 2. The fourth-order valence-corrected chi connectivity index (χ4v) is 6.92. The summed E-state index contributed by atoms with van der Waals surface area (Å²) >= 11 is 4.42. The van der Waals surface area contributed by atoms with E-state index in [4.69, 9.17) is 0 Å². The highest BCUT2D eigenvalue weighted by Gasteiger charge is 2.39. The summed E-state index contributed by atoms with van der Waals surface area (Å²) in [6, 6.07) is 11.0. The van der Waals surface area contributed by atoms with E-state index in [0.29, 0.717) is 4.08 Å². The molecule has 0 saturated carbocycles. The molecular formula is C18H24N2S2. The molecule has 1 aromatic heterocycles. The molecule has 4 heteroatoms. The Morgan fingerprint density at radius 1 is 1.32 bits per heavy atom. The fraction of sp³-hybridized carbons (Fsp3) is 0.500. The number of benzene rings is 1. The first-order valence-corrected chi connectivity index (χ1v) is 9.98. The molecule has 0 aliphatic carbocycles. The minimum Gasteiger partial charge on any atom is -0.337 e. The molecule has 1 saturated heterocycles. The van der Waals surface area contributed by atoms with E-state index in [0.717, 1.165) is 11.8 Å². The van der Waals surface area contributed by atoms with Gasteiger partial charge < -0.3 is 4.57 Å². The summed E-state index contributed by atoms with van der Waals surface area (Å²) in [5.41, 5.74) is 1.47. The highest BCUT2D eigenvalue weighted by molar-refractivity contribution is 8.21. The Hall–Kier alpha value is -0.870. The molecule has 2 unspecified atom stereocenters. The number of aromatic nitrogens is 2. The predicted octanol–water partition coefficient (Wildman–Crippen LogP) is 4.86. The van der Waals surface area contributed by atoms with Crippen LogP contribution in [0.15, 0.2) is 49.1 Å². The van der Waals surface area contributed by atoms with Crippen LogP contribution < -0.4 is 0 Å². The fourth-order valence-electron chi connectivity index (χ4n) is 2.99. The third kappa shape index (κ3) is 4.11. The summed E-state index contributed by atoms with van der Waals surface area (Å²) in [4.78, 5) is 4.14. The van der Waals surface area contributed by atoms with Crippen LogP contribution >= 0.6 is 23.5 Å². The molecule has 2 heterocycles. The van der Waals surface area contributed by atoms with Gasteiger partial charge in [-0.05, 0) is 31.2 Å². The molecule has 2 aromatic rings. The van der Waals surface area contributed by atoms with Crippen molar-refractivity contribution in [2.45, 2.75) is 48.5 Å². The lowest BCUT2D eigenvalue weighted by Crippen LogP contribution is -2.22. The lowest BCUT2D eigenvalue weighted by Gasteiger charge is -2.28. The molecule has 2 atom stereocenters. The zero-order valence-electron chi connectivity index (χ0n) is 13.1. The van der Waals surface area contributed by atoms with Crippen molar-refractivity contribution in [2.75, 3.05) is 5.75 Å². The molecule has 0 spiro atoms. The summed E-state index contributed by atoms with van der Waals surface area (Å²) in [6.45, 7) is 3.40. The van der Waals surface area contributed by atoms with Crippen molar-refractivity contribution in [3.8, 4) is 0 Å². The normalized spacial score (nSPS) is 24.7. The van der Waals surface area contributed by atoms with Crippen LogP contribution in [0.2, 0.25) is 0 Å². The van der Waals surface area contributed by atoms with Crippen LogP contribution in [0.3, 0.4) is 0 Å². The van der Waals surface area contributed by atoms with Crippen molar-refractivity contribution in [3.63, 3.8) is 0 Å². The Balaban J connectivity index is 1.64. The maximum atomic E-state index is 4.14. The van der Waals surface area contributed by atoms with Gasteiger partial charge in [0, 0.05) is 29.9 Å². The second-order valence-corrected chi connectivity index (χ2v) is 9.28. The van der Waals surface area contributed by atoms with E-state index < -0.39 is 0 Å². The maximum absolute atomic E-state index is 4.14. The van der Waals surface area contributed by atoms with E-state index in [-0.39, 0.29) is 0 Å². The van der Waals surface area contributed by atoms with Crippen molar-refractivity contribution in [1.29, 1.82) is 0 Å². The van der Waals surface area contributed by atoms with Crippen LogP contribution in [0.1, 0.15) is 31.7 Å². The monoisotopic (exact) mass is 332 g/mol. The van der Waals surface area contributed by atoms with E-state index in [2.05, 4.69) is 76.5 Å². The average molecular weight is 333 g/mol. The summed E-state index contributed by atoms with van der Waals surface area (Å²) in [6.07, 6.45) is 10.8. The first-order chi connectivity index (χ1) is 10.8. The Labute approximate surface area is 142 Å². The number of hydrogen-bond donors (Lipinski definition) is 0. The van der Waals surface area contributed by atoms with Gasteiger partial charge in [-0.15, -0.1) is 23.5 Å². The van der Waals surface area contributed by atoms with Gasteiger partial charge in [-0.3, -0.25) is 0 Å². The molecule has 1 fully saturated rings. The molecule has 0 radical (unpaired) electrons. The SMILES string of the molecule is CCC1CSC(CCCn2ccnc2)(Cc2ccccc2)S1. The zero-order valence-corrected chi connectivity index (χ0v) is 14.8. The van der Waals surface area contributed by atoms with Gasteiger partial charge in [-0.25, -0.2) is 4.98 Å². The Bertz CT molecular complexity index is 556. The third-order valence-electron chi connectivity index (χ3n) is 4.22. The second kappa shape index (κ2) is 7.60. The minimum atomic E-state index is 0.364. The molecule has 2 nitrogen and oxygen atoms in total. The smallest absolute Gasteiger partial charge is 0.0945 e. The molecule has 118 valence electrons. The van der Waals surface area contributed by atoms with Crippen LogP contribution in [0.25, 0.3) is 0 Å². The standard InChI is InChI=1S/C18H24N2S2/c1-2-17-14-21-18(22-17,13-16-7-4-3-5-8-16)9-6-11-20-12-10-19-15-20/h3-5,7-8,10,12,15,17H,2,6,9,11,13-14H2,1H3. The van der Waals surface area contributed by atoms with Crippen LogP contribution in [0.5, 0.6) is 0 Å². The van der Waals surface area contributed by atoms with Gasteiger partial charge in [0.1, 0.15) is 0 Å². The number of thioether (sulfide) groups is 2. The predicted molar refractivity (Wildman–Crippen MR) is 98.5 cm³/mol. The highest BCUT2D eigenvalue weighted by Crippen LogP contribution is 2.53. The van der Waals surface area contributed by atoms with Crippen LogP contribution in [0, 0.1) is 0 Å². The summed E-state index contributed by atoms with van der Waals surface area (Å²) in [7, 11) is 0. The molecule has 1 aromatic carbocycles. The van der Waals surface area contributed by atoms with Gasteiger partial charge in [0.2, 0.25) is 0 Å². The maximum Gasteiger partial charge on any atom is 0.0945 e. The largest absolute Gasteiger partial charge is 0.337 e. The van der Waals surface area contributed by atoms with Crippen molar-refractivity contribution in [3.05, 3.63) is 54.6 Å². The molecule has 3 rings (SSSR count). The number of hydrogen-bond acceptors (Lipinski definition) is 3. The molecule has 22 heavy (non-hydrogen) atoms.